The molecule has 2 aromatic heterocycles. The first-order valence-corrected chi connectivity index (χ1v) is 7.25. The van der Waals surface area contributed by atoms with Gasteiger partial charge in [-0.2, -0.15) is 0 Å². The number of nitrogens with two attached hydrogens (primary N) is 1. The second-order valence-corrected chi connectivity index (χ2v) is 6.40. The van der Waals surface area contributed by atoms with Crippen LogP contribution in [-0.4, -0.2) is 4.98 Å². The SMILES string of the molecule is NC(c1csc(Br)c1)c1cncc2ccccc12. The molecule has 3 aromatic rings. The highest BCUT2D eigenvalue weighted by molar-refractivity contribution is 9.11. The summed E-state index contributed by atoms with van der Waals surface area (Å²) >= 11 is 5.12. The first-order chi connectivity index (χ1) is 8.75. The van der Waals surface area contributed by atoms with Crippen LogP contribution < -0.4 is 5.73 Å². The number of halogens is 1. The molecular weight excluding hydrogens is 308 g/mol. The molecule has 0 bridgehead atoms. The number of pyridine rings is 1. The first-order valence-electron chi connectivity index (χ1n) is 5.58. The average Bonchev–Trinajstić information content (AvgIpc) is 2.84. The molecule has 2 N–H and O–H groups in total. The van der Waals surface area contributed by atoms with Gasteiger partial charge < -0.3 is 5.73 Å². The number of nitrogens with zero attached hydrogens (tertiary/aromatic N) is 1. The van der Waals surface area contributed by atoms with Crippen molar-refractivity contribution in [1.29, 1.82) is 0 Å². The van der Waals surface area contributed by atoms with Gasteiger partial charge in [0.2, 0.25) is 0 Å². The molecule has 1 unspecified atom stereocenters. The highest BCUT2D eigenvalue weighted by Gasteiger charge is 2.13. The van der Waals surface area contributed by atoms with Crippen LogP contribution in [0.4, 0.5) is 0 Å². The summed E-state index contributed by atoms with van der Waals surface area (Å²) < 4.78 is 1.10. The van der Waals surface area contributed by atoms with Crippen LogP contribution in [0.5, 0.6) is 0 Å². The maximum atomic E-state index is 6.34. The first kappa shape index (κ1) is 11.8. The van der Waals surface area contributed by atoms with Crippen LogP contribution in [0, 0.1) is 0 Å². The lowest BCUT2D eigenvalue weighted by Crippen LogP contribution is -2.11. The van der Waals surface area contributed by atoms with Crippen molar-refractivity contribution >= 4 is 38.0 Å². The van der Waals surface area contributed by atoms with E-state index in [1.165, 1.54) is 5.39 Å². The fourth-order valence-electron chi connectivity index (χ4n) is 2.05. The van der Waals surface area contributed by atoms with E-state index in [1.807, 2.05) is 24.5 Å². The van der Waals surface area contributed by atoms with Crippen LogP contribution >= 0.6 is 27.3 Å². The van der Waals surface area contributed by atoms with Crippen molar-refractivity contribution in [2.45, 2.75) is 6.04 Å². The fraction of sp³-hybridized carbons (Fsp3) is 0.0714. The molecule has 1 aromatic carbocycles. The molecule has 0 spiro atoms. The Morgan fingerprint density at radius 3 is 2.83 bits per heavy atom. The van der Waals surface area contributed by atoms with Gasteiger partial charge in [0, 0.05) is 17.8 Å². The Labute approximate surface area is 118 Å². The Kier molecular flexibility index (Phi) is 3.16. The normalized spacial score (nSPS) is 12.8. The largest absolute Gasteiger partial charge is 0.320 e. The minimum atomic E-state index is -0.133. The van der Waals surface area contributed by atoms with E-state index in [-0.39, 0.29) is 6.04 Å². The lowest BCUT2D eigenvalue weighted by atomic mass is 9.98. The molecule has 3 rings (SSSR count). The molecule has 0 aliphatic rings. The van der Waals surface area contributed by atoms with Crippen LogP contribution in [0.3, 0.4) is 0 Å². The molecule has 0 saturated carbocycles. The van der Waals surface area contributed by atoms with Gasteiger partial charge in [0.1, 0.15) is 0 Å². The summed E-state index contributed by atoms with van der Waals surface area (Å²) in [6.45, 7) is 0. The van der Waals surface area contributed by atoms with Crippen LogP contribution in [0.15, 0.2) is 51.9 Å². The summed E-state index contributed by atoms with van der Waals surface area (Å²) in [5.41, 5.74) is 8.53. The van der Waals surface area contributed by atoms with Crippen molar-refractivity contribution in [2.24, 2.45) is 5.73 Å². The van der Waals surface area contributed by atoms with Crippen molar-refractivity contribution < 1.29 is 0 Å². The van der Waals surface area contributed by atoms with Crippen LogP contribution in [0.2, 0.25) is 0 Å². The second kappa shape index (κ2) is 4.80. The van der Waals surface area contributed by atoms with E-state index >= 15 is 0 Å². The molecule has 0 saturated heterocycles. The van der Waals surface area contributed by atoms with Gasteiger partial charge in [-0.15, -0.1) is 11.3 Å². The zero-order chi connectivity index (χ0) is 12.5. The molecule has 0 aliphatic carbocycles. The van der Waals surface area contributed by atoms with Gasteiger partial charge in [0.05, 0.1) is 9.83 Å². The molecule has 0 amide bonds. The third-order valence-electron chi connectivity index (χ3n) is 2.98. The maximum Gasteiger partial charge on any atom is 0.0701 e. The lowest BCUT2D eigenvalue weighted by Gasteiger charge is -2.12. The molecule has 90 valence electrons. The topological polar surface area (TPSA) is 38.9 Å². The molecule has 0 fully saturated rings. The number of fused-ring (bicyclic) bond motifs is 1. The van der Waals surface area contributed by atoms with Gasteiger partial charge in [-0.25, -0.2) is 0 Å². The smallest absolute Gasteiger partial charge is 0.0701 e. The minimum Gasteiger partial charge on any atom is -0.320 e. The number of hydrogen-bond donors (Lipinski definition) is 1. The molecule has 18 heavy (non-hydrogen) atoms. The summed E-state index contributed by atoms with van der Waals surface area (Å²) in [4.78, 5) is 4.28. The van der Waals surface area contributed by atoms with Crippen LogP contribution in [-0.2, 0) is 0 Å². The van der Waals surface area contributed by atoms with Crippen molar-refractivity contribution in [3.8, 4) is 0 Å². The Hall–Kier alpha value is -1.23. The summed E-state index contributed by atoms with van der Waals surface area (Å²) in [6, 6.07) is 10.1. The zero-order valence-electron chi connectivity index (χ0n) is 9.51. The quantitative estimate of drug-likeness (QED) is 0.772. The van der Waals surface area contributed by atoms with Gasteiger partial charge in [0.15, 0.2) is 0 Å². The average molecular weight is 319 g/mol. The van der Waals surface area contributed by atoms with E-state index in [2.05, 4.69) is 44.5 Å². The van der Waals surface area contributed by atoms with E-state index in [0.29, 0.717) is 0 Å². The number of rotatable bonds is 2. The van der Waals surface area contributed by atoms with Crippen LogP contribution in [0.1, 0.15) is 17.2 Å². The predicted molar refractivity (Wildman–Crippen MR) is 79.8 cm³/mol. The minimum absolute atomic E-state index is 0.133. The maximum absolute atomic E-state index is 6.34. The van der Waals surface area contributed by atoms with Crippen LogP contribution in [0.25, 0.3) is 10.8 Å². The van der Waals surface area contributed by atoms with E-state index in [4.69, 9.17) is 5.73 Å². The lowest BCUT2D eigenvalue weighted by molar-refractivity contribution is 0.878. The Morgan fingerprint density at radius 2 is 2.06 bits per heavy atom. The third-order valence-corrected chi connectivity index (χ3v) is 4.50. The summed E-state index contributed by atoms with van der Waals surface area (Å²) in [7, 11) is 0. The molecule has 0 aliphatic heterocycles. The molecule has 4 heteroatoms. The fourth-order valence-corrected chi connectivity index (χ4v) is 3.27. The predicted octanol–water partition coefficient (Wildman–Crippen LogP) is 4.11. The van der Waals surface area contributed by atoms with Gasteiger partial charge in [-0.1, -0.05) is 24.3 Å². The molecular formula is C14H11BrN2S. The molecule has 0 radical (unpaired) electrons. The number of benzene rings is 1. The molecule has 1 atom stereocenters. The summed E-state index contributed by atoms with van der Waals surface area (Å²) in [5.74, 6) is 0. The van der Waals surface area contributed by atoms with Crippen molar-refractivity contribution in [1.82, 2.24) is 4.98 Å². The van der Waals surface area contributed by atoms with E-state index < -0.39 is 0 Å². The van der Waals surface area contributed by atoms with Gasteiger partial charge in [0.25, 0.3) is 0 Å². The monoisotopic (exact) mass is 318 g/mol. The Morgan fingerprint density at radius 1 is 1.22 bits per heavy atom. The second-order valence-electron chi connectivity index (χ2n) is 4.11. The Bertz CT molecular complexity index is 688. The van der Waals surface area contributed by atoms with Gasteiger partial charge in [-0.3, -0.25) is 4.98 Å². The molecule has 2 nitrogen and oxygen atoms in total. The number of thiophene rings is 1. The summed E-state index contributed by atoms with van der Waals surface area (Å²) in [5, 5.41) is 4.37. The third kappa shape index (κ3) is 2.07. The van der Waals surface area contributed by atoms with E-state index in [1.54, 1.807) is 11.3 Å². The zero-order valence-corrected chi connectivity index (χ0v) is 11.9. The highest BCUT2D eigenvalue weighted by atomic mass is 79.9. The van der Waals surface area contributed by atoms with Crippen molar-refractivity contribution in [2.75, 3.05) is 0 Å². The number of aromatic nitrogens is 1. The number of hydrogen-bond acceptors (Lipinski definition) is 3. The summed E-state index contributed by atoms with van der Waals surface area (Å²) in [6.07, 6.45) is 3.73. The van der Waals surface area contributed by atoms with Crippen molar-refractivity contribution in [3.63, 3.8) is 0 Å². The van der Waals surface area contributed by atoms with Crippen molar-refractivity contribution in [3.05, 3.63) is 63.0 Å². The highest BCUT2D eigenvalue weighted by Crippen LogP contribution is 2.30. The van der Waals surface area contributed by atoms with Gasteiger partial charge >= 0.3 is 0 Å². The molecule has 2 heterocycles. The Balaban J connectivity index is 2.14. The van der Waals surface area contributed by atoms with Gasteiger partial charge in [-0.05, 0) is 43.9 Å². The van der Waals surface area contributed by atoms with E-state index in [9.17, 15) is 0 Å². The standard InChI is InChI=1S/C14H11BrN2S/c15-13-5-10(8-18-13)14(16)12-7-17-6-9-3-1-2-4-11(9)12/h1-8,14H,16H2. The van der Waals surface area contributed by atoms with E-state index in [0.717, 1.165) is 20.3 Å².